The van der Waals surface area contributed by atoms with Gasteiger partial charge in [-0.3, -0.25) is 0 Å². The smallest absolute Gasteiger partial charge is 0.338 e. The average molecular weight is 254 g/mol. The summed E-state index contributed by atoms with van der Waals surface area (Å²) in [5, 5.41) is 0.100. The Bertz CT molecular complexity index is 372. The summed E-state index contributed by atoms with van der Waals surface area (Å²) in [5.41, 5.74) is 0.542. The van der Waals surface area contributed by atoms with Crippen molar-refractivity contribution in [3.63, 3.8) is 0 Å². The molecule has 0 bridgehead atoms. The van der Waals surface area contributed by atoms with Crippen molar-refractivity contribution in [1.29, 1.82) is 0 Å². The van der Waals surface area contributed by atoms with Gasteiger partial charge in [-0.2, -0.15) is 0 Å². The molecule has 2 rings (SSSR count). The van der Waals surface area contributed by atoms with Crippen LogP contribution in [-0.2, 0) is 4.74 Å². The van der Waals surface area contributed by atoms with E-state index in [1.807, 2.05) is 13.0 Å². The number of esters is 1. The van der Waals surface area contributed by atoms with Gasteiger partial charge in [-0.1, -0.05) is 25.1 Å². The fourth-order valence-corrected chi connectivity index (χ4v) is 3.15. The van der Waals surface area contributed by atoms with Gasteiger partial charge in [0.15, 0.2) is 0 Å². The van der Waals surface area contributed by atoms with Crippen molar-refractivity contribution in [2.75, 3.05) is 6.61 Å². The van der Waals surface area contributed by atoms with Crippen LogP contribution in [0.15, 0.2) is 30.3 Å². The zero-order valence-electron chi connectivity index (χ0n) is 9.64. The highest BCUT2D eigenvalue weighted by Gasteiger charge is 2.32. The highest BCUT2D eigenvalue weighted by molar-refractivity contribution is 8.00. The number of hydrogen-bond acceptors (Lipinski definition) is 3. The molecule has 17 heavy (non-hydrogen) atoms. The standard InChI is InChI=1S/C13H15FO2S/c1-9-12(14)7-11(17-9)8-16-13(15)10-5-3-2-4-6-10/h2-6,9,11-12H,7-8H2,1H3/t9-,11-,12-/m0/s1. The predicted molar refractivity (Wildman–Crippen MR) is 67.1 cm³/mol. The highest BCUT2D eigenvalue weighted by Crippen LogP contribution is 2.35. The van der Waals surface area contributed by atoms with E-state index in [0.717, 1.165) is 0 Å². The molecular formula is C13H15FO2S. The maximum Gasteiger partial charge on any atom is 0.338 e. The van der Waals surface area contributed by atoms with E-state index in [1.165, 1.54) is 0 Å². The van der Waals surface area contributed by atoms with Crippen molar-refractivity contribution >= 4 is 17.7 Å². The topological polar surface area (TPSA) is 26.3 Å². The molecule has 3 atom stereocenters. The van der Waals surface area contributed by atoms with Gasteiger partial charge in [0.25, 0.3) is 0 Å². The van der Waals surface area contributed by atoms with E-state index < -0.39 is 6.17 Å². The van der Waals surface area contributed by atoms with Crippen LogP contribution in [0.3, 0.4) is 0 Å². The lowest BCUT2D eigenvalue weighted by Crippen LogP contribution is -2.15. The molecule has 1 aromatic carbocycles. The maximum atomic E-state index is 13.3. The SMILES string of the molecule is C[C@@H]1S[C@H](COC(=O)c2ccccc2)C[C@@H]1F. The van der Waals surface area contributed by atoms with Crippen LogP contribution in [0.2, 0.25) is 0 Å². The molecule has 1 fully saturated rings. The van der Waals surface area contributed by atoms with Gasteiger partial charge >= 0.3 is 5.97 Å². The number of carbonyl (C=O) groups excluding carboxylic acids is 1. The minimum atomic E-state index is -0.777. The van der Waals surface area contributed by atoms with Gasteiger partial charge in [0, 0.05) is 10.5 Å². The summed E-state index contributed by atoms with van der Waals surface area (Å²) >= 11 is 1.56. The molecule has 0 spiro atoms. The van der Waals surface area contributed by atoms with Crippen LogP contribution < -0.4 is 0 Å². The molecule has 1 aliphatic heterocycles. The fraction of sp³-hybridized carbons (Fsp3) is 0.462. The van der Waals surface area contributed by atoms with E-state index in [1.54, 1.807) is 36.0 Å². The second kappa shape index (κ2) is 5.54. The summed E-state index contributed by atoms with van der Waals surface area (Å²) < 4.78 is 18.4. The van der Waals surface area contributed by atoms with Crippen LogP contribution in [0, 0.1) is 0 Å². The molecule has 1 aliphatic rings. The van der Waals surface area contributed by atoms with Gasteiger partial charge in [0.05, 0.1) is 5.56 Å². The van der Waals surface area contributed by atoms with Crippen molar-refractivity contribution < 1.29 is 13.9 Å². The van der Waals surface area contributed by atoms with Gasteiger partial charge in [-0.15, -0.1) is 11.8 Å². The summed E-state index contributed by atoms with van der Waals surface area (Å²) in [6.45, 7) is 2.16. The van der Waals surface area contributed by atoms with Crippen LogP contribution in [-0.4, -0.2) is 29.2 Å². The Morgan fingerprint density at radius 2 is 2.18 bits per heavy atom. The number of carbonyl (C=O) groups is 1. The summed E-state index contributed by atoms with van der Waals surface area (Å²) in [5.74, 6) is -0.332. The zero-order valence-corrected chi connectivity index (χ0v) is 10.5. The number of ether oxygens (including phenoxy) is 1. The summed E-state index contributed by atoms with van der Waals surface area (Å²) in [6, 6.07) is 8.86. The molecule has 1 saturated heterocycles. The Morgan fingerprint density at radius 3 is 2.76 bits per heavy atom. The molecule has 1 heterocycles. The van der Waals surface area contributed by atoms with Crippen LogP contribution in [0.1, 0.15) is 23.7 Å². The average Bonchev–Trinajstić information content (AvgIpc) is 2.67. The quantitative estimate of drug-likeness (QED) is 0.775. The second-order valence-electron chi connectivity index (χ2n) is 4.18. The van der Waals surface area contributed by atoms with E-state index in [-0.39, 0.29) is 16.5 Å². The van der Waals surface area contributed by atoms with Crippen LogP contribution in [0.25, 0.3) is 0 Å². The van der Waals surface area contributed by atoms with Crippen molar-refractivity contribution in [2.24, 2.45) is 0 Å². The maximum absolute atomic E-state index is 13.3. The first-order chi connectivity index (χ1) is 8.16. The lowest BCUT2D eigenvalue weighted by atomic mass is 10.2. The Morgan fingerprint density at radius 1 is 1.47 bits per heavy atom. The Balaban J connectivity index is 1.81. The first-order valence-electron chi connectivity index (χ1n) is 5.68. The summed E-state index contributed by atoms with van der Waals surface area (Å²) in [4.78, 5) is 11.6. The fourth-order valence-electron chi connectivity index (χ4n) is 1.82. The van der Waals surface area contributed by atoms with Gasteiger partial charge in [0.1, 0.15) is 12.8 Å². The Hall–Kier alpha value is -1.03. The number of halogens is 1. The molecule has 0 N–H and O–H groups in total. The van der Waals surface area contributed by atoms with E-state index in [4.69, 9.17) is 4.74 Å². The lowest BCUT2D eigenvalue weighted by Gasteiger charge is -2.09. The number of rotatable bonds is 3. The molecule has 0 aromatic heterocycles. The molecule has 0 radical (unpaired) electrons. The molecule has 4 heteroatoms. The van der Waals surface area contributed by atoms with Crippen molar-refractivity contribution in [3.8, 4) is 0 Å². The number of alkyl halides is 1. The van der Waals surface area contributed by atoms with Crippen molar-refractivity contribution in [3.05, 3.63) is 35.9 Å². The van der Waals surface area contributed by atoms with Gasteiger partial charge in [-0.05, 0) is 18.6 Å². The molecular weight excluding hydrogens is 239 g/mol. The number of thioether (sulfide) groups is 1. The largest absolute Gasteiger partial charge is 0.461 e. The third-order valence-corrected chi connectivity index (χ3v) is 4.25. The highest BCUT2D eigenvalue weighted by atomic mass is 32.2. The lowest BCUT2D eigenvalue weighted by molar-refractivity contribution is 0.0501. The first-order valence-corrected chi connectivity index (χ1v) is 6.63. The molecule has 2 nitrogen and oxygen atoms in total. The Labute approximate surface area is 105 Å². The van der Waals surface area contributed by atoms with Crippen LogP contribution >= 0.6 is 11.8 Å². The van der Waals surface area contributed by atoms with Gasteiger partial charge < -0.3 is 4.74 Å². The first kappa shape index (κ1) is 12.4. The van der Waals surface area contributed by atoms with E-state index in [0.29, 0.717) is 18.6 Å². The van der Waals surface area contributed by atoms with Crippen molar-refractivity contribution in [2.45, 2.75) is 30.0 Å². The normalized spacial score (nSPS) is 28.0. The third-order valence-electron chi connectivity index (χ3n) is 2.81. The monoisotopic (exact) mass is 254 g/mol. The Kier molecular flexibility index (Phi) is 4.05. The van der Waals surface area contributed by atoms with E-state index in [2.05, 4.69) is 0 Å². The molecule has 0 amide bonds. The molecule has 0 unspecified atom stereocenters. The molecule has 0 saturated carbocycles. The molecule has 92 valence electrons. The minimum absolute atomic E-state index is 0.00965. The summed E-state index contributed by atoms with van der Waals surface area (Å²) in [6.07, 6.45) is -0.297. The number of benzene rings is 1. The number of hydrogen-bond donors (Lipinski definition) is 0. The zero-order chi connectivity index (χ0) is 12.3. The molecule has 1 aromatic rings. The minimum Gasteiger partial charge on any atom is -0.461 e. The third kappa shape index (κ3) is 3.22. The van der Waals surface area contributed by atoms with E-state index >= 15 is 0 Å². The summed E-state index contributed by atoms with van der Waals surface area (Å²) in [7, 11) is 0. The van der Waals surface area contributed by atoms with E-state index in [9.17, 15) is 9.18 Å². The van der Waals surface area contributed by atoms with Crippen molar-refractivity contribution in [1.82, 2.24) is 0 Å². The van der Waals surface area contributed by atoms with Gasteiger partial charge in [-0.25, -0.2) is 9.18 Å². The second-order valence-corrected chi connectivity index (χ2v) is 5.86. The predicted octanol–water partition coefficient (Wildman–Crippen LogP) is 3.08. The van der Waals surface area contributed by atoms with Gasteiger partial charge in [0.2, 0.25) is 0 Å². The van der Waals surface area contributed by atoms with Crippen LogP contribution in [0.4, 0.5) is 4.39 Å². The molecule has 0 aliphatic carbocycles. The van der Waals surface area contributed by atoms with Crippen LogP contribution in [0.5, 0.6) is 0 Å².